The first-order chi connectivity index (χ1) is 25.0. The lowest BCUT2D eigenvalue weighted by atomic mass is 9.43. The normalized spacial score (nSPS) is 25.7. The summed E-state index contributed by atoms with van der Waals surface area (Å²) in [5.74, 6) is 3.26. The van der Waals surface area contributed by atoms with Gasteiger partial charge in [-0.2, -0.15) is 0 Å². The molecule has 0 atom stereocenters. The minimum Gasteiger partial charge on any atom is -0.456 e. The first-order valence-corrected chi connectivity index (χ1v) is 19.2. The van der Waals surface area contributed by atoms with Gasteiger partial charge in [0.25, 0.3) is 0 Å². The van der Waals surface area contributed by atoms with Crippen LogP contribution in [-0.2, 0) is 10.8 Å². The van der Waals surface area contributed by atoms with Crippen LogP contribution in [0.4, 0.5) is 17.1 Å². The van der Waals surface area contributed by atoms with E-state index in [2.05, 4.69) is 146 Å². The molecule has 0 saturated heterocycles. The summed E-state index contributed by atoms with van der Waals surface area (Å²) < 4.78 is 6.54. The Kier molecular flexibility index (Phi) is 5.51. The third kappa shape index (κ3) is 3.54. The van der Waals surface area contributed by atoms with E-state index in [0.717, 1.165) is 40.2 Å². The van der Waals surface area contributed by atoms with Gasteiger partial charge in [-0.15, -0.1) is 0 Å². The highest BCUT2D eigenvalue weighted by Crippen LogP contribution is 2.70. The Morgan fingerprint density at radius 2 is 1.14 bits per heavy atom. The maximum Gasteiger partial charge on any atom is 0.137 e. The van der Waals surface area contributed by atoms with Crippen LogP contribution >= 0.6 is 0 Å². The van der Waals surface area contributed by atoms with Gasteiger partial charge in [0.2, 0.25) is 0 Å². The Bertz CT molecular complexity index is 2570. The van der Waals surface area contributed by atoms with Gasteiger partial charge in [0.1, 0.15) is 11.2 Å². The summed E-state index contributed by atoms with van der Waals surface area (Å²) in [7, 11) is 0. The summed E-state index contributed by atoms with van der Waals surface area (Å²) in [6.45, 7) is 4.83. The molecule has 4 fully saturated rings. The van der Waals surface area contributed by atoms with Crippen molar-refractivity contribution in [2.24, 2.45) is 23.7 Å². The second kappa shape index (κ2) is 9.82. The standard InChI is InChI=1S/C49H41NO/c1-48(2)39-15-6-3-12-35(39)37-14-9-18-43(47(37)48)50(42-17-10-20-45-46(42)38-13-5-8-19-44(38)51-45)33-21-22-36-34-11-4-7-16-40(34)49(41(36)28-33)31-24-29-23-30(26-31)27-32(49)25-29/h3-22,28-32H,23-27H2,1-2H3. The van der Waals surface area contributed by atoms with Crippen LogP contribution in [0.2, 0.25) is 0 Å². The molecule has 6 aromatic carbocycles. The molecule has 51 heavy (non-hydrogen) atoms. The van der Waals surface area contributed by atoms with Crippen LogP contribution in [0.15, 0.2) is 132 Å². The van der Waals surface area contributed by atoms with E-state index < -0.39 is 0 Å². The zero-order valence-corrected chi connectivity index (χ0v) is 29.3. The molecule has 0 radical (unpaired) electrons. The number of rotatable bonds is 3. The Labute approximate surface area is 299 Å². The molecule has 6 aliphatic carbocycles. The van der Waals surface area contributed by atoms with E-state index in [1.807, 2.05) is 0 Å². The average Bonchev–Trinajstić information content (AvgIpc) is 3.75. The zero-order valence-electron chi connectivity index (χ0n) is 29.3. The summed E-state index contributed by atoms with van der Waals surface area (Å²) >= 11 is 0. The van der Waals surface area contributed by atoms with Crippen LogP contribution in [0.25, 0.3) is 44.2 Å². The lowest BCUT2D eigenvalue weighted by Crippen LogP contribution is -2.55. The molecule has 0 unspecified atom stereocenters. The smallest absolute Gasteiger partial charge is 0.137 e. The number of hydrogen-bond donors (Lipinski definition) is 0. The average molecular weight is 660 g/mol. The molecule has 0 aliphatic heterocycles. The third-order valence-electron chi connectivity index (χ3n) is 14.2. The van der Waals surface area contributed by atoms with E-state index >= 15 is 0 Å². The first kappa shape index (κ1) is 28.6. The molecule has 1 aromatic heterocycles. The molecule has 248 valence electrons. The van der Waals surface area contributed by atoms with Crippen molar-refractivity contribution in [2.45, 2.75) is 56.8 Å². The fraction of sp³-hybridized carbons (Fsp3) is 0.265. The predicted molar refractivity (Wildman–Crippen MR) is 209 cm³/mol. The van der Waals surface area contributed by atoms with Gasteiger partial charge in [-0.25, -0.2) is 0 Å². The number of benzene rings is 6. The number of furan rings is 1. The molecule has 1 heterocycles. The molecule has 4 bridgehead atoms. The van der Waals surface area contributed by atoms with E-state index in [1.165, 1.54) is 87.9 Å². The Morgan fingerprint density at radius 1 is 0.529 bits per heavy atom. The number of fused-ring (bicyclic) bond motifs is 9. The maximum atomic E-state index is 6.54. The summed E-state index contributed by atoms with van der Waals surface area (Å²) in [4.78, 5) is 2.60. The molecule has 4 saturated carbocycles. The Hall–Kier alpha value is -5.08. The quantitative estimate of drug-likeness (QED) is 0.188. The van der Waals surface area contributed by atoms with Gasteiger partial charge >= 0.3 is 0 Å². The number of anilines is 3. The summed E-state index contributed by atoms with van der Waals surface area (Å²) in [5, 5.41) is 2.33. The highest BCUT2D eigenvalue weighted by Gasteiger charge is 2.61. The van der Waals surface area contributed by atoms with E-state index in [0.29, 0.717) is 0 Å². The highest BCUT2D eigenvalue weighted by atomic mass is 16.3. The Balaban J connectivity index is 1.16. The van der Waals surface area contributed by atoms with Gasteiger partial charge in [-0.05, 0) is 137 Å². The van der Waals surface area contributed by atoms with Crippen molar-refractivity contribution < 1.29 is 4.42 Å². The van der Waals surface area contributed by atoms with E-state index in [9.17, 15) is 0 Å². The summed E-state index contributed by atoms with van der Waals surface area (Å²) in [6.07, 6.45) is 6.99. The van der Waals surface area contributed by atoms with Crippen LogP contribution < -0.4 is 4.90 Å². The van der Waals surface area contributed by atoms with Gasteiger partial charge in [-0.3, -0.25) is 0 Å². The molecule has 1 spiro atoms. The minimum atomic E-state index is -0.164. The lowest BCUT2D eigenvalue weighted by Gasteiger charge is -2.61. The zero-order chi connectivity index (χ0) is 33.6. The highest BCUT2D eigenvalue weighted by molar-refractivity contribution is 6.13. The maximum absolute atomic E-state index is 6.54. The topological polar surface area (TPSA) is 16.4 Å². The second-order valence-electron chi connectivity index (χ2n) is 16.9. The van der Waals surface area contributed by atoms with Crippen molar-refractivity contribution in [2.75, 3.05) is 4.90 Å². The van der Waals surface area contributed by atoms with Crippen LogP contribution in [-0.4, -0.2) is 0 Å². The van der Waals surface area contributed by atoms with E-state index in [4.69, 9.17) is 4.42 Å². The molecular weight excluding hydrogens is 619 g/mol. The Morgan fingerprint density at radius 3 is 1.94 bits per heavy atom. The molecule has 0 amide bonds. The van der Waals surface area contributed by atoms with Crippen LogP contribution in [0.5, 0.6) is 0 Å². The van der Waals surface area contributed by atoms with Crippen LogP contribution in [0.1, 0.15) is 68.2 Å². The van der Waals surface area contributed by atoms with Gasteiger partial charge in [0.05, 0.1) is 16.8 Å². The minimum absolute atomic E-state index is 0.101. The lowest BCUT2D eigenvalue weighted by molar-refractivity contribution is -0.0399. The molecule has 2 heteroatoms. The van der Waals surface area contributed by atoms with Crippen molar-refractivity contribution in [3.05, 3.63) is 150 Å². The number of hydrogen-bond acceptors (Lipinski definition) is 2. The van der Waals surface area contributed by atoms with Gasteiger partial charge in [0, 0.05) is 21.9 Å². The molecule has 13 rings (SSSR count). The molecule has 0 N–H and O–H groups in total. The largest absolute Gasteiger partial charge is 0.456 e. The molecule has 2 nitrogen and oxygen atoms in total. The molecule has 6 aliphatic rings. The fourth-order valence-electron chi connectivity index (χ4n) is 12.6. The number of nitrogens with zero attached hydrogens (tertiary/aromatic N) is 1. The van der Waals surface area contributed by atoms with Crippen molar-refractivity contribution in [3.63, 3.8) is 0 Å². The predicted octanol–water partition coefficient (Wildman–Crippen LogP) is 13.1. The number of para-hydroxylation sites is 1. The van der Waals surface area contributed by atoms with Gasteiger partial charge in [-0.1, -0.05) is 105 Å². The monoisotopic (exact) mass is 659 g/mol. The van der Waals surface area contributed by atoms with E-state index in [-0.39, 0.29) is 10.8 Å². The second-order valence-corrected chi connectivity index (χ2v) is 16.9. The van der Waals surface area contributed by atoms with Crippen molar-refractivity contribution in [1.82, 2.24) is 0 Å². The van der Waals surface area contributed by atoms with E-state index in [1.54, 1.807) is 11.1 Å². The molecular formula is C49H41NO. The molecule has 7 aromatic rings. The summed E-state index contributed by atoms with van der Waals surface area (Å²) in [6, 6.07) is 48.2. The first-order valence-electron chi connectivity index (χ1n) is 19.2. The van der Waals surface area contributed by atoms with Crippen molar-refractivity contribution in [3.8, 4) is 22.3 Å². The van der Waals surface area contributed by atoms with Crippen LogP contribution in [0, 0.1) is 23.7 Å². The van der Waals surface area contributed by atoms with Gasteiger partial charge < -0.3 is 9.32 Å². The van der Waals surface area contributed by atoms with Crippen molar-refractivity contribution in [1.29, 1.82) is 0 Å². The van der Waals surface area contributed by atoms with Gasteiger partial charge in [0.15, 0.2) is 0 Å². The third-order valence-corrected chi connectivity index (χ3v) is 14.2. The fourth-order valence-corrected chi connectivity index (χ4v) is 12.6. The SMILES string of the molecule is CC1(C)c2ccccc2-c2cccc(N(c3ccc4c(c3)C3(c5ccccc5-4)C4CC5CC(C4)CC3C5)c3cccc4oc5ccccc5c34)c21. The summed E-state index contributed by atoms with van der Waals surface area (Å²) in [5.41, 5.74) is 17.1. The van der Waals surface area contributed by atoms with Crippen LogP contribution in [0.3, 0.4) is 0 Å². The van der Waals surface area contributed by atoms with Crippen molar-refractivity contribution >= 4 is 39.0 Å².